The van der Waals surface area contributed by atoms with Crippen LogP contribution in [0.15, 0.2) is 18.2 Å². The summed E-state index contributed by atoms with van der Waals surface area (Å²) in [6.07, 6.45) is 6.25. The highest BCUT2D eigenvalue weighted by Gasteiger charge is 2.33. The van der Waals surface area contributed by atoms with Crippen LogP contribution in [0.1, 0.15) is 48.9 Å². The van der Waals surface area contributed by atoms with Gasteiger partial charge in [0.15, 0.2) is 5.78 Å². The molecule has 1 aromatic rings. The number of rotatable bonds is 6. The molecular weight excluding hydrogens is 266 g/mol. The van der Waals surface area contributed by atoms with Crippen LogP contribution in [0.4, 0.5) is 0 Å². The Morgan fingerprint density at radius 2 is 1.90 bits per heavy atom. The Bertz CT molecular complexity index is 493. The van der Waals surface area contributed by atoms with Crippen LogP contribution in [-0.2, 0) is 0 Å². The van der Waals surface area contributed by atoms with Crippen molar-refractivity contribution >= 4 is 5.78 Å². The van der Waals surface area contributed by atoms with Crippen molar-refractivity contribution in [2.45, 2.75) is 44.1 Å². The number of ketones is 1. The molecule has 21 heavy (non-hydrogen) atoms. The average Bonchev–Trinajstić information content (AvgIpc) is 2.55. The summed E-state index contributed by atoms with van der Waals surface area (Å²) in [5.74, 6) is 1.41. The Balaban J connectivity index is 2.22. The number of ether oxygens (including phenoxy) is 2. The molecule has 0 spiro atoms. The molecule has 1 fully saturated rings. The van der Waals surface area contributed by atoms with Crippen LogP contribution in [0.5, 0.6) is 11.5 Å². The fourth-order valence-corrected chi connectivity index (χ4v) is 3.18. The molecular formula is C17H25NO3. The topological polar surface area (TPSA) is 47.6 Å². The number of nitrogens with one attached hydrogen (secondary N) is 1. The maximum atomic E-state index is 12.7. The predicted octanol–water partition coefficient (Wildman–Crippen LogP) is 3.20. The van der Waals surface area contributed by atoms with E-state index >= 15 is 0 Å². The molecule has 4 heteroatoms. The molecule has 1 aliphatic rings. The Kier molecular flexibility index (Phi) is 5.23. The van der Waals surface area contributed by atoms with Gasteiger partial charge in [0.25, 0.3) is 0 Å². The molecule has 1 aromatic carbocycles. The number of carbonyl (C=O) groups excluding carboxylic acids is 1. The fraction of sp³-hybridized carbons (Fsp3) is 0.588. The van der Waals surface area contributed by atoms with Crippen LogP contribution in [-0.4, -0.2) is 32.6 Å². The van der Waals surface area contributed by atoms with Gasteiger partial charge in [-0.1, -0.05) is 19.3 Å². The van der Waals surface area contributed by atoms with E-state index in [1.165, 1.54) is 19.3 Å². The van der Waals surface area contributed by atoms with E-state index < -0.39 is 0 Å². The monoisotopic (exact) mass is 291 g/mol. The largest absolute Gasteiger partial charge is 0.497 e. The maximum Gasteiger partial charge on any atom is 0.168 e. The lowest BCUT2D eigenvalue weighted by Crippen LogP contribution is -2.46. The maximum absolute atomic E-state index is 12.7. The van der Waals surface area contributed by atoms with Crippen molar-refractivity contribution in [2.24, 2.45) is 0 Å². The van der Waals surface area contributed by atoms with E-state index in [0.29, 0.717) is 23.5 Å². The minimum Gasteiger partial charge on any atom is -0.497 e. The van der Waals surface area contributed by atoms with Crippen molar-refractivity contribution in [3.63, 3.8) is 0 Å². The van der Waals surface area contributed by atoms with Crippen LogP contribution >= 0.6 is 0 Å². The first-order valence-corrected chi connectivity index (χ1v) is 7.58. The standard InChI is InChI=1S/C17H25NO3/c1-18-17(9-5-4-6-10-17)12-15(19)14-11-13(20-2)7-8-16(14)21-3/h7-8,11,18H,4-6,9-10,12H2,1-3H3. The molecule has 0 saturated heterocycles. The van der Waals surface area contributed by atoms with Crippen LogP contribution in [0.25, 0.3) is 0 Å². The van der Waals surface area contributed by atoms with Crippen LogP contribution in [0, 0.1) is 0 Å². The van der Waals surface area contributed by atoms with E-state index in [9.17, 15) is 4.79 Å². The van der Waals surface area contributed by atoms with Gasteiger partial charge in [0.1, 0.15) is 11.5 Å². The van der Waals surface area contributed by atoms with Gasteiger partial charge in [0.05, 0.1) is 19.8 Å². The second-order valence-electron chi connectivity index (χ2n) is 5.76. The summed E-state index contributed by atoms with van der Waals surface area (Å²) in [7, 11) is 5.15. The lowest BCUT2D eigenvalue weighted by Gasteiger charge is -2.36. The van der Waals surface area contributed by atoms with E-state index in [0.717, 1.165) is 12.8 Å². The van der Waals surface area contributed by atoms with E-state index in [-0.39, 0.29) is 11.3 Å². The molecule has 0 bridgehead atoms. The van der Waals surface area contributed by atoms with Crippen LogP contribution in [0.3, 0.4) is 0 Å². The highest BCUT2D eigenvalue weighted by atomic mass is 16.5. The summed E-state index contributed by atoms with van der Waals surface area (Å²) in [4.78, 5) is 12.7. The summed E-state index contributed by atoms with van der Waals surface area (Å²) in [5.41, 5.74) is 0.542. The molecule has 0 unspecified atom stereocenters. The molecule has 0 aromatic heterocycles. The Morgan fingerprint density at radius 3 is 2.48 bits per heavy atom. The van der Waals surface area contributed by atoms with Gasteiger partial charge in [-0.15, -0.1) is 0 Å². The normalized spacial score (nSPS) is 17.3. The zero-order valence-corrected chi connectivity index (χ0v) is 13.2. The van der Waals surface area contributed by atoms with Crippen molar-refractivity contribution in [1.82, 2.24) is 5.32 Å². The van der Waals surface area contributed by atoms with Crippen molar-refractivity contribution < 1.29 is 14.3 Å². The second-order valence-corrected chi connectivity index (χ2v) is 5.76. The lowest BCUT2D eigenvalue weighted by molar-refractivity contribution is 0.0911. The van der Waals surface area contributed by atoms with Gasteiger partial charge in [0, 0.05) is 12.0 Å². The fourth-order valence-electron chi connectivity index (χ4n) is 3.18. The van der Waals surface area contributed by atoms with Gasteiger partial charge in [-0.2, -0.15) is 0 Å². The second kappa shape index (κ2) is 6.94. The molecule has 1 saturated carbocycles. The van der Waals surface area contributed by atoms with Gasteiger partial charge in [0.2, 0.25) is 0 Å². The molecule has 0 heterocycles. The van der Waals surface area contributed by atoms with Gasteiger partial charge >= 0.3 is 0 Å². The predicted molar refractivity (Wildman–Crippen MR) is 83.4 cm³/mol. The van der Waals surface area contributed by atoms with Crippen molar-refractivity contribution in [3.05, 3.63) is 23.8 Å². The first-order valence-electron chi connectivity index (χ1n) is 7.58. The highest BCUT2D eigenvalue weighted by Crippen LogP contribution is 2.34. The molecule has 4 nitrogen and oxygen atoms in total. The minimum atomic E-state index is -0.0661. The molecule has 0 amide bonds. The summed E-state index contributed by atoms with van der Waals surface area (Å²) in [5, 5.41) is 3.39. The zero-order chi connectivity index (χ0) is 15.3. The van der Waals surface area contributed by atoms with Gasteiger partial charge < -0.3 is 14.8 Å². The zero-order valence-electron chi connectivity index (χ0n) is 13.2. The number of Topliss-reactive ketones (excluding diaryl/α,β-unsaturated/α-hetero) is 1. The van der Waals surface area contributed by atoms with Crippen LogP contribution in [0.2, 0.25) is 0 Å². The number of carbonyl (C=O) groups is 1. The lowest BCUT2D eigenvalue weighted by atomic mass is 9.77. The third kappa shape index (κ3) is 3.56. The minimum absolute atomic E-state index is 0.0661. The molecule has 0 radical (unpaired) electrons. The highest BCUT2D eigenvalue weighted by molar-refractivity contribution is 5.99. The van der Waals surface area contributed by atoms with E-state index in [1.807, 2.05) is 13.1 Å². The smallest absolute Gasteiger partial charge is 0.168 e. The number of benzene rings is 1. The van der Waals surface area contributed by atoms with E-state index in [4.69, 9.17) is 9.47 Å². The van der Waals surface area contributed by atoms with Crippen molar-refractivity contribution in [3.8, 4) is 11.5 Å². The molecule has 116 valence electrons. The quantitative estimate of drug-likeness (QED) is 0.818. The number of hydrogen-bond acceptors (Lipinski definition) is 4. The van der Waals surface area contributed by atoms with Crippen molar-refractivity contribution in [1.29, 1.82) is 0 Å². The van der Waals surface area contributed by atoms with Crippen LogP contribution < -0.4 is 14.8 Å². The Morgan fingerprint density at radius 1 is 1.19 bits per heavy atom. The van der Waals surface area contributed by atoms with E-state index in [1.54, 1.807) is 26.4 Å². The summed E-state index contributed by atoms with van der Waals surface area (Å²) in [6, 6.07) is 5.37. The number of methoxy groups -OCH3 is 2. The first-order chi connectivity index (χ1) is 10.1. The third-order valence-corrected chi connectivity index (χ3v) is 4.55. The molecule has 1 N–H and O–H groups in total. The van der Waals surface area contributed by atoms with Gasteiger partial charge in [-0.25, -0.2) is 0 Å². The summed E-state index contributed by atoms with van der Waals surface area (Å²) >= 11 is 0. The van der Waals surface area contributed by atoms with E-state index in [2.05, 4.69) is 5.32 Å². The average molecular weight is 291 g/mol. The number of hydrogen-bond donors (Lipinski definition) is 1. The molecule has 2 rings (SSSR count). The SMILES string of the molecule is CNC1(CC(=O)c2cc(OC)ccc2OC)CCCCC1. The van der Waals surface area contributed by atoms with Gasteiger partial charge in [-0.3, -0.25) is 4.79 Å². The Labute approximate surface area is 126 Å². The Hall–Kier alpha value is -1.55. The third-order valence-electron chi connectivity index (χ3n) is 4.55. The molecule has 0 aliphatic heterocycles. The molecule has 1 aliphatic carbocycles. The summed E-state index contributed by atoms with van der Waals surface area (Å²) < 4.78 is 10.5. The van der Waals surface area contributed by atoms with Crippen molar-refractivity contribution in [2.75, 3.05) is 21.3 Å². The van der Waals surface area contributed by atoms with Gasteiger partial charge in [-0.05, 0) is 38.1 Å². The first kappa shape index (κ1) is 15.8. The molecule has 0 atom stereocenters. The summed E-state index contributed by atoms with van der Waals surface area (Å²) in [6.45, 7) is 0.